The average Bonchev–Trinajstić information content (AvgIpc) is 3.21. The van der Waals surface area contributed by atoms with Crippen LogP contribution >= 0.6 is 0 Å². The molecule has 3 aromatic heterocycles. The zero-order valence-corrected chi connectivity index (χ0v) is 17.7. The molecule has 0 saturated carbocycles. The van der Waals surface area contributed by atoms with Crippen molar-refractivity contribution in [2.75, 3.05) is 6.54 Å². The van der Waals surface area contributed by atoms with Gasteiger partial charge in [0.15, 0.2) is 0 Å². The number of aliphatic hydroxyl groups is 1. The highest BCUT2D eigenvalue weighted by Gasteiger charge is 2.18. The van der Waals surface area contributed by atoms with Crippen LogP contribution in [0, 0.1) is 5.82 Å². The lowest BCUT2D eigenvalue weighted by Gasteiger charge is -2.14. The number of allylic oxidation sites excluding steroid dienone is 1. The highest BCUT2D eigenvalue weighted by atomic mass is 19.1. The van der Waals surface area contributed by atoms with Crippen LogP contribution in [0.25, 0.3) is 33.7 Å². The standard InChI is InChI=1S/C24H22FN5O2/c1-24(2,31)13-28-12-19(21(26)15-5-7-17(25)8-6-15)22-18-10-20(16-4-3-9-27-11-16)32-23(18)30-14-29-22/h3-12,14,31H,13,26H2,1-2H3/b21-19+,28-12?. The normalized spacial score (nSPS) is 13.0. The van der Waals surface area contributed by atoms with E-state index in [-0.39, 0.29) is 12.4 Å². The maximum atomic E-state index is 13.4. The van der Waals surface area contributed by atoms with Crippen LogP contribution in [0.2, 0.25) is 0 Å². The molecule has 0 saturated heterocycles. The fourth-order valence-electron chi connectivity index (χ4n) is 3.12. The lowest BCUT2D eigenvalue weighted by molar-refractivity contribution is 0.0906. The van der Waals surface area contributed by atoms with Gasteiger partial charge in [-0.3, -0.25) is 9.98 Å². The summed E-state index contributed by atoms with van der Waals surface area (Å²) in [6.45, 7) is 3.49. The summed E-state index contributed by atoms with van der Waals surface area (Å²) in [4.78, 5) is 17.2. The first-order valence-electron chi connectivity index (χ1n) is 9.95. The molecule has 7 nitrogen and oxygen atoms in total. The van der Waals surface area contributed by atoms with Crippen molar-refractivity contribution in [2.24, 2.45) is 10.7 Å². The van der Waals surface area contributed by atoms with E-state index >= 15 is 0 Å². The van der Waals surface area contributed by atoms with Crippen LogP contribution in [0.4, 0.5) is 4.39 Å². The van der Waals surface area contributed by atoms with E-state index in [1.54, 1.807) is 44.6 Å². The topological polar surface area (TPSA) is 110 Å². The van der Waals surface area contributed by atoms with Gasteiger partial charge in [-0.2, -0.15) is 0 Å². The van der Waals surface area contributed by atoms with E-state index in [2.05, 4.69) is 19.9 Å². The number of aliphatic imine (C=N–C) groups is 1. The lowest BCUT2D eigenvalue weighted by Crippen LogP contribution is -2.22. The summed E-state index contributed by atoms with van der Waals surface area (Å²) < 4.78 is 19.3. The monoisotopic (exact) mass is 431 g/mol. The third-order valence-electron chi connectivity index (χ3n) is 4.67. The molecule has 0 aliphatic carbocycles. The fraction of sp³-hybridized carbons (Fsp3) is 0.167. The second kappa shape index (κ2) is 8.68. The number of nitrogens with zero attached hydrogens (tertiary/aromatic N) is 4. The Balaban J connectivity index is 1.88. The molecule has 3 heterocycles. The van der Waals surface area contributed by atoms with Gasteiger partial charge in [0.2, 0.25) is 5.71 Å². The van der Waals surface area contributed by atoms with Crippen molar-refractivity contribution < 1.29 is 13.9 Å². The molecular weight excluding hydrogens is 409 g/mol. The molecular formula is C24H22FN5O2. The molecule has 4 aromatic rings. The number of aromatic nitrogens is 3. The van der Waals surface area contributed by atoms with E-state index < -0.39 is 5.60 Å². The Hall–Kier alpha value is -3.91. The number of rotatable bonds is 6. The van der Waals surface area contributed by atoms with Crippen molar-refractivity contribution in [3.8, 4) is 11.3 Å². The maximum absolute atomic E-state index is 13.4. The zero-order chi connectivity index (χ0) is 22.7. The molecule has 0 spiro atoms. The van der Waals surface area contributed by atoms with Crippen molar-refractivity contribution in [1.82, 2.24) is 15.0 Å². The van der Waals surface area contributed by atoms with Crippen LogP contribution in [-0.4, -0.2) is 38.4 Å². The first-order chi connectivity index (χ1) is 15.3. The van der Waals surface area contributed by atoms with Crippen LogP contribution in [0.5, 0.6) is 0 Å². The molecule has 0 fully saturated rings. The first-order valence-corrected chi connectivity index (χ1v) is 9.95. The Bertz CT molecular complexity index is 1290. The summed E-state index contributed by atoms with van der Waals surface area (Å²) in [5.41, 5.74) is 8.65. The van der Waals surface area contributed by atoms with E-state index in [9.17, 15) is 9.50 Å². The summed E-state index contributed by atoms with van der Waals surface area (Å²) >= 11 is 0. The van der Waals surface area contributed by atoms with E-state index in [1.165, 1.54) is 18.5 Å². The van der Waals surface area contributed by atoms with E-state index in [4.69, 9.17) is 10.2 Å². The molecule has 32 heavy (non-hydrogen) atoms. The molecule has 1 aromatic carbocycles. The molecule has 0 atom stereocenters. The Kier molecular flexibility index (Phi) is 5.79. The third kappa shape index (κ3) is 4.70. The number of hydrogen-bond donors (Lipinski definition) is 2. The lowest BCUT2D eigenvalue weighted by atomic mass is 10.0. The number of pyridine rings is 1. The number of fused-ring (bicyclic) bond motifs is 1. The van der Waals surface area contributed by atoms with Gasteiger partial charge in [0.05, 0.1) is 23.2 Å². The maximum Gasteiger partial charge on any atom is 0.230 e. The molecule has 4 rings (SSSR count). The third-order valence-corrected chi connectivity index (χ3v) is 4.67. The van der Waals surface area contributed by atoms with Crippen LogP contribution in [0.3, 0.4) is 0 Å². The van der Waals surface area contributed by atoms with Gasteiger partial charge in [0, 0.05) is 35.4 Å². The van der Waals surface area contributed by atoms with Gasteiger partial charge in [-0.1, -0.05) is 0 Å². The Morgan fingerprint density at radius 3 is 2.69 bits per heavy atom. The van der Waals surface area contributed by atoms with E-state index in [0.717, 1.165) is 5.56 Å². The SMILES string of the molecule is CC(C)(O)CN=C/C(=C(\N)c1ccc(F)cc1)c1ncnc2oc(-c3cccnc3)cc12. The van der Waals surface area contributed by atoms with Crippen LogP contribution in [0.15, 0.2) is 70.6 Å². The van der Waals surface area contributed by atoms with Gasteiger partial charge in [-0.15, -0.1) is 0 Å². The number of benzene rings is 1. The van der Waals surface area contributed by atoms with Gasteiger partial charge in [0.25, 0.3) is 0 Å². The molecule has 0 aliphatic heterocycles. The molecule has 8 heteroatoms. The summed E-state index contributed by atoms with van der Waals surface area (Å²) in [5, 5.41) is 10.7. The summed E-state index contributed by atoms with van der Waals surface area (Å²) in [5.74, 6) is 0.224. The Labute approximate surface area is 184 Å². The summed E-state index contributed by atoms with van der Waals surface area (Å²) in [6.07, 6.45) is 6.32. The predicted molar refractivity (Wildman–Crippen MR) is 122 cm³/mol. The molecule has 0 radical (unpaired) electrons. The van der Waals surface area contributed by atoms with Gasteiger partial charge < -0.3 is 15.3 Å². The fourth-order valence-corrected chi connectivity index (χ4v) is 3.12. The van der Waals surface area contributed by atoms with Crippen molar-refractivity contribution in [1.29, 1.82) is 0 Å². The van der Waals surface area contributed by atoms with Gasteiger partial charge in [-0.05, 0) is 61.9 Å². The predicted octanol–water partition coefficient (Wildman–Crippen LogP) is 4.09. The Morgan fingerprint density at radius 1 is 1.22 bits per heavy atom. The van der Waals surface area contributed by atoms with Gasteiger partial charge in [-0.25, -0.2) is 14.4 Å². The Morgan fingerprint density at radius 2 is 2.00 bits per heavy atom. The highest BCUT2D eigenvalue weighted by Crippen LogP contribution is 2.31. The van der Waals surface area contributed by atoms with Crippen LogP contribution in [0.1, 0.15) is 25.1 Å². The largest absolute Gasteiger partial charge is 0.438 e. The van der Waals surface area contributed by atoms with E-state index in [0.29, 0.717) is 39.4 Å². The molecule has 162 valence electrons. The second-order valence-corrected chi connectivity index (χ2v) is 7.91. The quantitative estimate of drug-likeness (QED) is 0.445. The van der Waals surface area contributed by atoms with Gasteiger partial charge >= 0.3 is 0 Å². The van der Waals surface area contributed by atoms with Crippen molar-refractivity contribution >= 4 is 28.6 Å². The minimum atomic E-state index is -0.990. The van der Waals surface area contributed by atoms with Crippen molar-refractivity contribution in [2.45, 2.75) is 19.4 Å². The zero-order valence-electron chi connectivity index (χ0n) is 17.7. The summed E-state index contributed by atoms with van der Waals surface area (Å²) in [6, 6.07) is 11.4. The van der Waals surface area contributed by atoms with Crippen LogP contribution in [-0.2, 0) is 0 Å². The molecule has 3 N–H and O–H groups in total. The van der Waals surface area contributed by atoms with Gasteiger partial charge in [0.1, 0.15) is 17.9 Å². The first kappa shape index (κ1) is 21.3. The molecule has 0 unspecified atom stereocenters. The minimum Gasteiger partial charge on any atom is -0.438 e. The van der Waals surface area contributed by atoms with Crippen LogP contribution < -0.4 is 5.73 Å². The molecule has 0 aliphatic rings. The second-order valence-electron chi connectivity index (χ2n) is 7.91. The molecule has 0 amide bonds. The van der Waals surface area contributed by atoms with Crippen molar-refractivity contribution in [3.63, 3.8) is 0 Å². The smallest absolute Gasteiger partial charge is 0.230 e. The number of furan rings is 1. The average molecular weight is 431 g/mol. The highest BCUT2D eigenvalue weighted by molar-refractivity contribution is 6.21. The minimum absolute atomic E-state index is 0.160. The number of nitrogens with two attached hydrogens (primary N) is 1. The molecule has 0 bridgehead atoms. The van der Waals surface area contributed by atoms with Crippen molar-refractivity contribution in [3.05, 3.63) is 78.3 Å². The van der Waals surface area contributed by atoms with E-state index in [1.807, 2.05) is 18.2 Å². The summed E-state index contributed by atoms with van der Waals surface area (Å²) in [7, 11) is 0. The number of halogens is 1. The number of hydrogen-bond acceptors (Lipinski definition) is 7.